The Morgan fingerprint density at radius 1 is 0.941 bits per heavy atom. The fraction of sp³-hybridized carbons (Fsp3) is 0.172. The molecule has 0 aromatic heterocycles. The van der Waals surface area contributed by atoms with E-state index in [2.05, 4.69) is 65.2 Å². The Balaban J connectivity index is 1.40. The van der Waals surface area contributed by atoms with E-state index < -0.39 is 0 Å². The number of carbonyl (C=O) groups excluding carboxylic acids is 1. The summed E-state index contributed by atoms with van der Waals surface area (Å²) < 4.78 is 0. The maximum atomic E-state index is 12.6. The van der Waals surface area contributed by atoms with Crippen molar-refractivity contribution in [1.29, 1.82) is 0 Å². The predicted octanol–water partition coefficient (Wildman–Crippen LogP) is 6.58. The SMILES string of the molecule is O=C(CSC1=NC(c2ccccc2)C2=C(N1)C(=Cc1ccccc1)CCC2)Nc1ccccc1. The molecule has 2 aliphatic rings. The molecule has 34 heavy (non-hydrogen) atoms. The number of amides is 1. The normalized spacial score (nSPS) is 18.6. The maximum Gasteiger partial charge on any atom is 0.234 e. The number of hydrogen-bond donors (Lipinski definition) is 2. The lowest BCUT2D eigenvalue weighted by molar-refractivity contribution is -0.113. The first kappa shape index (κ1) is 22.2. The smallest absolute Gasteiger partial charge is 0.234 e. The minimum absolute atomic E-state index is 0.0309. The third-order valence-corrected chi connectivity index (χ3v) is 6.88. The Morgan fingerprint density at radius 3 is 2.35 bits per heavy atom. The van der Waals surface area contributed by atoms with Crippen molar-refractivity contribution < 1.29 is 4.79 Å². The lowest BCUT2D eigenvalue weighted by atomic mass is 9.84. The number of thioether (sulfide) groups is 1. The minimum Gasteiger partial charge on any atom is -0.335 e. The summed E-state index contributed by atoms with van der Waals surface area (Å²) in [5.74, 6) is 0.253. The molecule has 5 heteroatoms. The van der Waals surface area contributed by atoms with Gasteiger partial charge in [0.05, 0.1) is 5.75 Å². The van der Waals surface area contributed by atoms with Gasteiger partial charge in [-0.2, -0.15) is 0 Å². The summed E-state index contributed by atoms with van der Waals surface area (Å²) in [5, 5.41) is 7.33. The van der Waals surface area contributed by atoms with Crippen molar-refractivity contribution in [3.05, 3.63) is 119 Å². The number of amidine groups is 1. The number of aliphatic imine (C=N–C) groups is 1. The average molecular weight is 466 g/mol. The Bertz CT molecular complexity index is 1230. The molecule has 1 heterocycles. The molecule has 1 aliphatic carbocycles. The molecule has 2 N–H and O–H groups in total. The highest BCUT2D eigenvalue weighted by molar-refractivity contribution is 8.14. The zero-order chi connectivity index (χ0) is 23.2. The van der Waals surface area contributed by atoms with Gasteiger partial charge in [0, 0.05) is 11.4 Å². The summed E-state index contributed by atoms with van der Waals surface area (Å²) in [6.07, 6.45) is 5.43. The minimum atomic E-state index is -0.0413. The van der Waals surface area contributed by atoms with E-state index in [9.17, 15) is 4.79 Å². The highest BCUT2D eigenvalue weighted by atomic mass is 32.2. The van der Waals surface area contributed by atoms with Crippen LogP contribution < -0.4 is 10.6 Å². The third-order valence-electron chi connectivity index (χ3n) is 6.00. The van der Waals surface area contributed by atoms with E-state index in [4.69, 9.17) is 4.99 Å². The Hall–Kier alpha value is -3.57. The molecular weight excluding hydrogens is 438 g/mol. The fourth-order valence-electron chi connectivity index (χ4n) is 4.43. The summed E-state index contributed by atoms with van der Waals surface area (Å²) in [7, 11) is 0. The van der Waals surface area contributed by atoms with E-state index in [1.807, 2.05) is 42.5 Å². The molecule has 5 rings (SSSR count). The van der Waals surface area contributed by atoms with Crippen LogP contribution in [0.1, 0.15) is 36.4 Å². The van der Waals surface area contributed by atoms with E-state index in [0.29, 0.717) is 5.75 Å². The number of carbonyl (C=O) groups is 1. The van der Waals surface area contributed by atoms with Crippen LogP contribution in [0.4, 0.5) is 5.69 Å². The molecular formula is C29H27N3OS. The molecule has 1 amide bonds. The second-order valence-electron chi connectivity index (χ2n) is 8.41. The highest BCUT2D eigenvalue weighted by Gasteiger charge is 2.30. The number of rotatable bonds is 5. The quantitative estimate of drug-likeness (QED) is 0.447. The van der Waals surface area contributed by atoms with Crippen molar-refractivity contribution in [2.75, 3.05) is 11.1 Å². The van der Waals surface area contributed by atoms with Crippen LogP contribution in [0.5, 0.6) is 0 Å². The van der Waals surface area contributed by atoms with E-state index >= 15 is 0 Å². The summed E-state index contributed by atoms with van der Waals surface area (Å²) in [6, 6.07) is 30.4. The van der Waals surface area contributed by atoms with Gasteiger partial charge in [-0.05, 0) is 59.7 Å². The molecule has 0 spiro atoms. The fourth-order valence-corrected chi connectivity index (χ4v) is 5.12. The molecule has 170 valence electrons. The standard InChI is InChI=1S/C29H27N3OS/c33-26(30-24-16-8-3-9-17-24)20-34-29-31-27(22-13-6-2-7-14-22)25-18-10-15-23(28(25)32-29)19-21-11-4-1-5-12-21/h1-9,11-14,16-17,19,27H,10,15,18,20H2,(H,30,33)(H,31,32). The molecule has 0 saturated carbocycles. The Kier molecular flexibility index (Phi) is 6.91. The van der Waals surface area contributed by atoms with Crippen LogP contribution in [-0.4, -0.2) is 16.8 Å². The monoisotopic (exact) mass is 465 g/mol. The van der Waals surface area contributed by atoms with Crippen LogP contribution in [0.25, 0.3) is 6.08 Å². The van der Waals surface area contributed by atoms with Gasteiger partial charge >= 0.3 is 0 Å². The molecule has 1 unspecified atom stereocenters. The van der Waals surface area contributed by atoms with Crippen molar-refractivity contribution in [3.63, 3.8) is 0 Å². The Morgan fingerprint density at radius 2 is 1.62 bits per heavy atom. The van der Waals surface area contributed by atoms with Gasteiger partial charge in [0.25, 0.3) is 0 Å². The summed E-state index contributed by atoms with van der Waals surface area (Å²) in [4.78, 5) is 17.6. The van der Waals surface area contributed by atoms with E-state index in [1.54, 1.807) is 0 Å². The number of para-hydroxylation sites is 1. The number of nitrogens with zero attached hydrogens (tertiary/aromatic N) is 1. The third kappa shape index (κ3) is 5.32. The first-order chi connectivity index (χ1) is 16.8. The van der Waals surface area contributed by atoms with E-state index in [0.717, 1.165) is 30.1 Å². The summed E-state index contributed by atoms with van der Waals surface area (Å²) in [6.45, 7) is 0. The number of hydrogen-bond acceptors (Lipinski definition) is 4. The van der Waals surface area contributed by atoms with Crippen LogP contribution in [0, 0.1) is 0 Å². The zero-order valence-corrected chi connectivity index (χ0v) is 19.7. The van der Waals surface area contributed by atoms with Gasteiger partial charge in [-0.25, -0.2) is 4.99 Å². The number of benzene rings is 3. The van der Waals surface area contributed by atoms with Gasteiger partial charge < -0.3 is 10.6 Å². The first-order valence-electron chi connectivity index (χ1n) is 11.6. The Labute approximate surface area is 204 Å². The molecule has 1 aliphatic heterocycles. The van der Waals surface area contributed by atoms with Crippen molar-refractivity contribution in [2.24, 2.45) is 4.99 Å². The second-order valence-corrected chi connectivity index (χ2v) is 9.37. The van der Waals surface area contributed by atoms with Crippen LogP contribution in [0.15, 0.2) is 113 Å². The van der Waals surface area contributed by atoms with Gasteiger partial charge in [-0.15, -0.1) is 0 Å². The largest absolute Gasteiger partial charge is 0.335 e. The first-order valence-corrected chi connectivity index (χ1v) is 12.6. The lowest BCUT2D eigenvalue weighted by Crippen LogP contribution is -2.32. The molecule has 0 bridgehead atoms. The average Bonchev–Trinajstić information content (AvgIpc) is 2.89. The summed E-state index contributed by atoms with van der Waals surface area (Å²) in [5.41, 5.74) is 6.99. The van der Waals surface area contributed by atoms with Gasteiger partial charge in [0.1, 0.15) is 6.04 Å². The van der Waals surface area contributed by atoms with Crippen molar-refractivity contribution in [2.45, 2.75) is 25.3 Å². The van der Waals surface area contributed by atoms with Crippen LogP contribution in [0.3, 0.4) is 0 Å². The van der Waals surface area contributed by atoms with Crippen LogP contribution >= 0.6 is 11.8 Å². The highest BCUT2D eigenvalue weighted by Crippen LogP contribution is 2.41. The number of nitrogens with one attached hydrogen (secondary N) is 2. The molecule has 0 radical (unpaired) electrons. The maximum absolute atomic E-state index is 12.6. The molecule has 4 nitrogen and oxygen atoms in total. The number of anilines is 1. The van der Waals surface area contributed by atoms with Crippen molar-refractivity contribution in [3.8, 4) is 0 Å². The molecule has 1 atom stereocenters. The zero-order valence-electron chi connectivity index (χ0n) is 18.9. The van der Waals surface area contributed by atoms with Crippen molar-refractivity contribution >= 4 is 34.6 Å². The molecule has 0 saturated heterocycles. The molecule has 3 aromatic rings. The van der Waals surface area contributed by atoms with Crippen LogP contribution in [0.2, 0.25) is 0 Å². The van der Waals surface area contributed by atoms with E-state index in [-0.39, 0.29) is 11.9 Å². The van der Waals surface area contributed by atoms with Gasteiger partial charge in [0.15, 0.2) is 5.17 Å². The van der Waals surface area contributed by atoms with Gasteiger partial charge in [-0.3, -0.25) is 4.79 Å². The lowest BCUT2D eigenvalue weighted by Gasteiger charge is -2.33. The molecule has 0 fully saturated rings. The molecule has 3 aromatic carbocycles. The van der Waals surface area contributed by atoms with Crippen LogP contribution in [-0.2, 0) is 4.79 Å². The van der Waals surface area contributed by atoms with Gasteiger partial charge in [0.2, 0.25) is 5.91 Å². The summed E-state index contributed by atoms with van der Waals surface area (Å²) >= 11 is 1.45. The van der Waals surface area contributed by atoms with Crippen molar-refractivity contribution in [1.82, 2.24) is 5.32 Å². The topological polar surface area (TPSA) is 53.5 Å². The van der Waals surface area contributed by atoms with Gasteiger partial charge in [-0.1, -0.05) is 90.6 Å². The second kappa shape index (κ2) is 10.6. The predicted molar refractivity (Wildman–Crippen MR) is 143 cm³/mol. The van der Waals surface area contributed by atoms with E-state index in [1.165, 1.54) is 39.7 Å². The number of allylic oxidation sites excluding steroid dienone is 1.